The first kappa shape index (κ1) is 12.0. The number of hydrogen-bond acceptors (Lipinski definition) is 2. The van der Waals surface area contributed by atoms with Gasteiger partial charge in [-0.25, -0.2) is 0 Å². The molecule has 2 nitrogen and oxygen atoms in total. The molecule has 1 fully saturated rings. The first-order chi connectivity index (χ1) is 6.79. The molecule has 84 valence electrons. The van der Waals surface area contributed by atoms with Crippen LogP contribution in [0, 0.1) is 0 Å². The van der Waals surface area contributed by atoms with E-state index in [-0.39, 0.29) is 6.10 Å². The second-order valence-corrected chi connectivity index (χ2v) is 4.46. The Balaban J connectivity index is 2.46. The Morgan fingerprint density at radius 3 is 2.14 bits per heavy atom. The van der Waals surface area contributed by atoms with Crippen molar-refractivity contribution in [1.29, 1.82) is 0 Å². The minimum absolute atomic E-state index is 0.0677. The van der Waals surface area contributed by atoms with Crippen LogP contribution < -0.4 is 0 Å². The van der Waals surface area contributed by atoms with Gasteiger partial charge < -0.3 is 5.11 Å². The van der Waals surface area contributed by atoms with Gasteiger partial charge in [0.05, 0.1) is 6.10 Å². The molecule has 1 saturated carbocycles. The zero-order valence-electron chi connectivity index (χ0n) is 9.71. The average Bonchev–Trinajstić information content (AvgIpc) is 2.18. The summed E-state index contributed by atoms with van der Waals surface area (Å²) in [5.41, 5.74) is 0. The Labute approximate surface area is 88.3 Å². The van der Waals surface area contributed by atoms with Gasteiger partial charge in [0.25, 0.3) is 0 Å². The van der Waals surface area contributed by atoms with Gasteiger partial charge in [-0.15, -0.1) is 0 Å². The molecule has 0 spiro atoms. The molecule has 0 aromatic carbocycles. The Kier molecular flexibility index (Phi) is 5.49. The van der Waals surface area contributed by atoms with Gasteiger partial charge in [0.2, 0.25) is 0 Å². The summed E-state index contributed by atoms with van der Waals surface area (Å²) in [6, 6.07) is 0.448. The maximum absolute atomic E-state index is 9.95. The molecule has 0 heterocycles. The first-order valence-corrected chi connectivity index (χ1v) is 6.21. The van der Waals surface area contributed by atoms with E-state index >= 15 is 0 Å². The van der Waals surface area contributed by atoms with E-state index in [1.807, 2.05) is 0 Å². The molecule has 0 unspecified atom stereocenters. The van der Waals surface area contributed by atoms with Gasteiger partial charge in [-0.05, 0) is 38.8 Å². The van der Waals surface area contributed by atoms with Gasteiger partial charge in [-0.1, -0.05) is 26.7 Å². The third-order valence-corrected chi connectivity index (χ3v) is 3.18. The summed E-state index contributed by atoms with van der Waals surface area (Å²) in [6.07, 6.45) is 7.04. The third kappa shape index (κ3) is 3.25. The molecule has 0 aromatic heterocycles. The van der Waals surface area contributed by atoms with Gasteiger partial charge in [-0.3, -0.25) is 4.90 Å². The highest BCUT2D eigenvalue weighted by molar-refractivity contribution is 4.82. The number of aliphatic hydroxyl groups is 1. The van der Waals surface area contributed by atoms with E-state index in [4.69, 9.17) is 0 Å². The van der Waals surface area contributed by atoms with Crippen molar-refractivity contribution < 1.29 is 5.11 Å². The summed E-state index contributed by atoms with van der Waals surface area (Å²) in [4.78, 5) is 2.49. The first-order valence-electron chi connectivity index (χ1n) is 6.21. The largest absolute Gasteiger partial charge is 0.391 e. The molecule has 0 amide bonds. The molecule has 1 rings (SSSR count). The van der Waals surface area contributed by atoms with Crippen molar-refractivity contribution in [2.24, 2.45) is 0 Å². The number of hydrogen-bond donors (Lipinski definition) is 1. The molecule has 0 saturated heterocycles. The highest BCUT2D eigenvalue weighted by atomic mass is 16.3. The van der Waals surface area contributed by atoms with E-state index in [9.17, 15) is 5.11 Å². The molecule has 1 N–H and O–H groups in total. The van der Waals surface area contributed by atoms with Crippen LogP contribution in [0.2, 0.25) is 0 Å². The lowest BCUT2D eigenvalue weighted by atomic mass is 9.91. The Morgan fingerprint density at radius 2 is 1.64 bits per heavy atom. The Hall–Kier alpha value is -0.0800. The van der Waals surface area contributed by atoms with E-state index in [1.165, 1.54) is 32.1 Å². The molecular weight excluding hydrogens is 174 g/mol. The smallest absolute Gasteiger partial charge is 0.0695 e. The number of rotatable bonds is 5. The highest BCUT2D eigenvalue weighted by Gasteiger charge is 2.27. The lowest BCUT2D eigenvalue weighted by Crippen LogP contribution is -2.46. The molecule has 14 heavy (non-hydrogen) atoms. The van der Waals surface area contributed by atoms with E-state index in [0.717, 1.165) is 19.5 Å². The van der Waals surface area contributed by atoms with E-state index in [0.29, 0.717) is 6.04 Å². The topological polar surface area (TPSA) is 23.5 Å². The van der Waals surface area contributed by atoms with E-state index in [1.54, 1.807) is 0 Å². The van der Waals surface area contributed by atoms with Crippen LogP contribution in [-0.2, 0) is 0 Å². The average molecular weight is 199 g/mol. The van der Waals surface area contributed by atoms with Crippen LogP contribution in [0.15, 0.2) is 0 Å². The van der Waals surface area contributed by atoms with Crippen molar-refractivity contribution in [1.82, 2.24) is 4.90 Å². The fraction of sp³-hybridized carbons (Fsp3) is 1.00. The summed E-state index contributed by atoms with van der Waals surface area (Å²) >= 11 is 0. The van der Waals surface area contributed by atoms with Crippen molar-refractivity contribution in [3.8, 4) is 0 Å². The fourth-order valence-corrected chi connectivity index (χ4v) is 2.54. The van der Waals surface area contributed by atoms with Crippen LogP contribution in [0.1, 0.15) is 52.4 Å². The molecule has 1 aliphatic rings. The molecule has 1 aliphatic carbocycles. The molecule has 0 aromatic rings. The summed E-state index contributed by atoms with van der Waals surface area (Å²) in [7, 11) is 0. The van der Waals surface area contributed by atoms with Crippen LogP contribution in [0.25, 0.3) is 0 Å². The van der Waals surface area contributed by atoms with Crippen molar-refractivity contribution in [3.63, 3.8) is 0 Å². The summed E-state index contributed by atoms with van der Waals surface area (Å²) in [6.45, 7) is 6.74. The van der Waals surface area contributed by atoms with Crippen molar-refractivity contribution in [3.05, 3.63) is 0 Å². The van der Waals surface area contributed by atoms with Gasteiger partial charge in [0.15, 0.2) is 0 Å². The number of nitrogens with zero attached hydrogens (tertiary/aromatic N) is 1. The fourth-order valence-electron chi connectivity index (χ4n) is 2.54. The second-order valence-electron chi connectivity index (χ2n) is 4.46. The summed E-state index contributed by atoms with van der Waals surface area (Å²) < 4.78 is 0. The molecule has 0 aliphatic heterocycles. The quantitative estimate of drug-likeness (QED) is 0.735. The summed E-state index contributed by atoms with van der Waals surface area (Å²) in [5.74, 6) is 0. The van der Waals surface area contributed by atoms with Gasteiger partial charge in [0.1, 0.15) is 0 Å². The van der Waals surface area contributed by atoms with Gasteiger partial charge >= 0.3 is 0 Å². The van der Waals surface area contributed by atoms with Crippen LogP contribution in [-0.4, -0.2) is 35.2 Å². The van der Waals surface area contributed by atoms with Crippen molar-refractivity contribution >= 4 is 0 Å². The van der Waals surface area contributed by atoms with Crippen LogP contribution in [0.4, 0.5) is 0 Å². The SMILES string of the molecule is CCCN(CCC)[C@H]1CCCC[C@@H]1O. The standard InChI is InChI=1S/C12H25NO/c1-3-9-13(10-4-2)11-7-5-6-8-12(11)14/h11-12,14H,3-10H2,1-2H3/t11-,12-/m0/s1. The lowest BCUT2D eigenvalue weighted by Gasteiger charge is -2.37. The Morgan fingerprint density at radius 1 is 1.07 bits per heavy atom. The summed E-state index contributed by atoms with van der Waals surface area (Å²) in [5, 5.41) is 9.95. The maximum atomic E-state index is 9.95. The van der Waals surface area contributed by atoms with E-state index in [2.05, 4.69) is 18.7 Å². The molecule has 0 bridgehead atoms. The predicted molar refractivity (Wildman–Crippen MR) is 60.4 cm³/mol. The van der Waals surface area contributed by atoms with Gasteiger partial charge in [-0.2, -0.15) is 0 Å². The molecule has 0 radical (unpaired) electrons. The third-order valence-electron chi connectivity index (χ3n) is 3.18. The molecule has 2 atom stereocenters. The minimum atomic E-state index is -0.0677. The minimum Gasteiger partial charge on any atom is -0.391 e. The monoisotopic (exact) mass is 199 g/mol. The predicted octanol–water partition coefficient (Wildman–Crippen LogP) is 2.41. The number of aliphatic hydroxyl groups excluding tert-OH is 1. The van der Waals surface area contributed by atoms with Crippen LogP contribution in [0.5, 0.6) is 0 Å². The lowest BCUT2D eigenvalue weighted by molar-refractivity contribution is 0.0197. The highest BCUT2D eigenvalue weighted by Crippen LogP contribution is 2.23. The van der Waals surface area contributed by atoms with Crippen molar-refractivity contribution in [2.45, 2.75) is 64.5 Å². The van der Waals surface area contributed by atoms with Crippen LogP contribution >= 0.6 is 0 Å². The second kappa shape index (κ2) is 6.41. The zero-order valence-corrected chi connectivity index (χ0v) is 9.71. The molecular formula is C12H25NO. The zero-order chi connectivity index (χ0) is 10.4. The maximum Gasteiger partial charge on any atom is 0.0695 e. The molecule has 2 heteroatoms. The van der Waals surface area contributed by atoms with Gasteiger partial charge in [0, 0.05) is 6.04 Å². The van der Waals surface area contributed by atoms with E-state index < -0.39 is 0 Å². The van der Waals surface area contributed by atoms with Crippen molar-refractivity contribution in [2.75, 3.05) is 13.1 Å². The van der Waals surface area contributed by atoms with Crippen LogP contribution in [0.3, 0.4) is 0 Å². The Bertz CT molecular complexity index is 143. The normalized spacial score (nSPS) is 28.3.